The molecule has 0 unspecified atom stereocenters. The summed E-state index contributed by atoms with van der Waals surface area (Å²) in [7, 11) is 0. The summed E-state index contributed by atoms with van der Waals surface area (Å²) in [5, 5.41) is 3.90. The molecule has 0 amide bonds. The number of halogens is 2. The van der Waals surface area contributed by atoms with E-state index in [4.69, 9.17) is 17.3 Å². The van der Waals surface area contributed by atoms with E-state index in [-0.39, 0.29) is 12.4 Å². The normalized spacial score (nSPS) is 9.31. The molecule has 0 spiro atoms. The monoisotopic (exact) mass is 255 g/mol. The molecule has 1 heterocycles. The fraction of sp³-hybridized carbons (Fsp3) is 0. The highest BCUT2D eigenvalue weighted by atomic mass is 35.5. The van der Waals surface area contributed by atoms with Gasteiger partial charge in [-0.05, 0) is 36.4 Å². The van der Waals surface area contributed by atoms with Crippen molar-refractivity contribution in [2.45, 2.75) is 0 Å². The molecule has 0 atom stereocenters. The molecule has 3 nitrogen and oxygen atoms in total. The Hall–Kier alpha value is -1.45. The van der Waals surface area contributed by atoms with Crippen molar-refractivity contribution >= 4 is 41.2 Å². The predicted molar refractivity (Wildman–Crippen MR) is 70.6 cm³/mol. The number of nitrogens with two attached hydrogens (primary N) is 1. The van der Waals surface area contributed by atoms with Crippen LogP contribution < -0.4 is 11.1 Å². The number of benzene rings is 1. The molecule has 1 aromatic heterocycles. The maximum Gasteiger partial charge on any atom is 0.123 e. The Morgan fingerprint density at radius 3 is 2.19 bits per heavy atom. The smallest absolute Gasteiger partial charge is 0.123 e. The first-order valence-electron chi connectivity index (χ1n) is 4.48. The first-order chi connectivity index (χ1) is 7.24. The third-order valence-corrected chi connectivity index (χ3v) is 2.17. The van der Waals surface area contributed by atoms with E-state index in [1.54, 1.807) is 12.3 Å². The van der Waals surface area contributed by atoms with Gasteiger partial charge in [-0.25, -0.2) is 4.98 Å². The molecule has 0 saturated heterocycles. The van der Waals surface area contributed by atoms with Crippen molar-refractivity contribution in [1.82, 2.24) is 4.98 Å². The summed E-state index contributed by atoms with van der Waals surface area (Å²) in [6.45, 7) is 0. The van der Waals surface area contributed by atoms with Crippen LogP contribution in [0.4, 0.5) is 17.2 Å². The van der Waals surface area contributed by atoms with E-state index in [1.807, 2.05) is 30.3 Å². The van der Waals surface area contributed by atoms with Gasteiger partial charge < -0.3 is 11.1 Å². The minimum Gasteiger partial charge on any atom is -0.384 e. The molecule has 0 radical (unpaired) electrons. The predicted octanol–water partition coefficient (Wildman–Crippen LogP) is 3.48. The van der Waals surface area contributed by atoms with Crippen molar-refractivity contribution in [3.63, 3.8) is 0 Å². The number of nitrogens with one attached hydrogen (secondary N) is 1. The summed E-state index contributed by atoms with van der Waals surface area (Å²) in [6.07, 6.45) is 1.68. The van der Waals surface area contributed by atoms with Crippen molar-refractivity contribution in [2.24, 2.45) is 0 Å². The third-order valence-electron chi connectivity index (χ3n) is 1.92. The summed E-state index contributed by atoms with van der Waals surface area (Å²) >= 11 is 5.78. The van der Waals surface area contributed by atoms with Gasteiger partial charge in [0.2, 0.25) is 0 Å². The Kier molecular flexibility index (Phi) is 4.40. The van der Waals surface area contributed by atoms with Crippen LogP contribution in [0.3, 0.4) is 0 Å². The zero-order chi connectivity index (χ0) is 10.7. The molecule has 0 fully saturated rings. The van der Waals surface area contributed by atoms with Crippen molar-refractivity contribution in [3.8, 4) is 0 Å². The number of nitrogen functional groups attached to an aromatic ring is 1. The molecule has 84 valence electrons. The number of rotatable bonds is 2. The number of nitrogens with zero attached hydrogens (tertiary/aromatic N) is 1. The summed E-state index contributed by atoms with van der Waals surface area (Å²) in [5.74, 6) is 0.511. The number of hydrogen-bond donors (Lipinski definition) is 2. The first-order valence-corrected chi connectivity index (χ1v) is 4.86. The molecule has 0 bridgehead atoms. The minimum atomic E-state index is 0. The summed E-state index contributed by atoms with van der Waals surface area (Å²) in [6, 6.07) is 11.1. The second-order valence-corrected chi connectivity index (χ2v) is 3.54. The molecular formula is C11H11Cl2N3. The maximum atomic E-state index is 5.78. The molecule has 2 aromatic rings. The van der Waals surface area contributed by atoms with E-state index in [9.17, 15) is 0 Å². The molecule has 0 saturated carbocycles. The lowest BCUT2D eigenvalue weighted by Gasteiger charge is -2.05. The molecule has 0 aliphatic rings. The fourth-order valence-electron chi connectivity index (χ4n) is 1.18. The van der Waals surface area contributed by atoms with Gasteiger partial charge >= 0.3 is 0 Å². The van der Waals surface area contributed by atoms with Crippen molar-refractivity contribution < 1.29 is 0 Å². The van der Waals surface area contributed by atoms with Gasteiger partial charge in [-0.3, -0.25) is 0 Å². The van der Waals surface area contributed by atoms with Crippen molar-refractivity contribution in [1.29, 1.82) is 0 Å². The van der Waals surface area contributed by atoms with Crippen LogP contribution in [-0.2, 0) is 0 Å². The molecule has 0 aliphatic heterocycles. The average Bonchev–Trinajstić information content (AvgIpc) is 2.25. The zero-order valence-corrected chi connectivity index (χ0v) is 9.92. The Labute approximate surface area is 105 Å². The van der Waals surface area contributed by atoms with Crippen LogP contribution in [0.2, 0.25) is 5.02 Å². The van der Waals surface area contributed by atoms with Gasteiger partial charge in [0.15, 0.2) is 0 Å². The van der Waals surface area contributed by atoms with Crippen LogP contribution in [0.15, 0.2) is 42.6 Å². The topological polar surface area (TPSA) is 50.9 Å². The number of pyridine rings is 1. The quantitative estimate of drug-likeness (QED) is 0.864. The average molecular weight is 256 g/mol. The highest BCUT2D eigenvalue weighted by molar-refractivity contribution is 6.30. The van der Waals surface area contributed by atoms with E-state index in [1.165, 1.54) is 0 Å². The molecule has 1 aromatic carbocycles. The van der Waals surface area contributed by atoms with Crippen molar-refractivity contribution in [3.05, 3.63) is 47.6 Å². The van der Waals surface area contributed by atoms with Crippen molar-refractivity contribution in [2.75, 3.05) is 11.1 Å². The lowest BCUT2D eigenvalue weighted by molar-refractivity contribution is 1.33. The van der Waals surface area contributed by atoms with Gasteiger partial charge in [-0.2, -0.15) is 0 Å². The van der Waals surface area contributed by atoms with Gasteiger partial charge in [0.05, 0.1) is 11.9 Å². The van der Waals surface area contributed by atoms with Gasteiger partial charge in [0, 0.05) is 10.7 Å². The Morgan fingerprint density at radius 1 is 1.00 bits per heavy atom. The second kappa shape index (κ2) is 5.58. The minimum absolute atomic E-state index is 0. The molecule has 5 heteroatoms. The lowest BCUT2D eigenvalue weighted by atomic mass is 10.3. The SMILES string of the molecule is Cl.Nc1ccc(Nc2ccc(Cl)cc2)cn1. The first kappa shape index (κ1) is 12.6. The van der Waals surface area contributed by atoms with Crippen LogP contribution in [0.25, 0.3) is 0 Å². The molecule has 0 aliphatic carbocycles. The summed E-state index contributed by atoms with van der Waals surface area (Å²) in [4.78, 5) is 3.98. The van der Waals surface area contributed by atoms with Gasteiger partial charge in [-0.15, -0.1) is 12.4 Å². The highest BCUT2D eigenvalue weighted by Crippen LogP contribution is 2.18. The molecule has 16 heavy (non-hydrogen) atoms. The third kappa shape index (κ3) is 3.29. The maximum absolute atomic E-state index is 5.78. The van der Waals surface area contributed by atoms with Crippen LogP contribution in [0.1, 0.15) is 0 Å². The van der Waals surface area contributed by atoms with E-state index in [0.29, 0.717) is 5.82 Å². The van der Waals surface area contributed by atoms with Crippen LogP contribution in [0, 0.1) is 0 Å². The molecule has 2 rings (SSSR count). The highest BCUT2D eigenvalue weighted by Gasteiger charge is 1.94. The van der Waals surface area contributed by atoms with Crippen LogP contribution >= 0.6 is 24.0 Å². The summed E-state index contributed by atoms with van der Waals surface area (Å²) in [5.41, 5.74) is 7.34. The number of hydrogen-bond acceptors (Lipinski definition) is 3. The summed E-state index contributed by atoms with van der Waals surface area (Å²) < 4.78 is 0. The van der Waals surface area contributed by atoms with E-state index in [0.717, 1.165) is 16.4 Å². The Balaban J connectivity index is 0.00000128. The Bertz CT molecular complexity index is 396. The number of aromatic nitrogens is 1. The Morgan fingerprint density at radius 2 is 1.62 bits per heavy atom. The largest absolute Gasteiger partial charge is 0.384 e. The van der Waals surface area contributed by atoms with Crippen LogP contribution in [0.5, 0.6) is 0 Å². The van der Waals surface area contributed by atoms with Gasteiger partial charge in [-0.1, -0.05) is 11.6 Å². The molecule has 3 N–H and O–H groups in total. The second-order valence-electron chi connectivity index (χ2n) is 3.10. The lowest BCUT2D eigenvalue weighted by Crippen LogP contribution is -1.93. The van der Waals surface area contributed by atoms with E-state index >= 15 is 0 Å². The fourth-order valence-corrected chi connectivity index (χ4v) is 1.31. The van der Waals surface area contributed by atoms with Gasteiger partial charge in [0.1, 0.15) is 5.82 Å². The van der Waals surface area contributed by atoms with Crippen LogP contribution in [-0.4, -0.2) is 4.98 Å². The van der Waals surface area contributed by atoms with E-state index in [2.05, 4.69) is 10.3 Å². The zero-order valence-electron chi connectivity index (χ0n) is 8.35. The standard InChI is InChI=1S/C11H10ClN3.ClH/c12-8-1-3-9(4-2-8)15-10-5-6-11(13)14-7-10;/h1-7,15H,(H2,13,14);1H. The van der Waals surface area contributed by atoms with Gasteiger partial charge in [0.25, 0.3) is 0 Å². The molecular weight excluding hydrogens is 245 g/mol. The number of anilines is 3. The van der Waals surface area contributed by atoms with E-state index < -0.39 is 0 Å².